The quantitative estimate of drug-likeness (QED) is 0.134. The fraction of sp³-hybridized carbons (Fsp3) is 0.807. The van der Waals surface area contributed by atoms with Gasteiger partial charge in [0.2, 0.25) is 0 Å². The Morgan fingerprint density at radius 1 is 0.782 bits per heavy atom. The fourth-order valence-corrected chi connectivity index (χ4v) is 18.0. The van der Waals surface area contributed by atoms with Crippen LogP contribution in [-0.4, -0.2) is 116 Å². The van der Waals surface area contributed by atoms with Gasteiger partial charge in [-0.15, -0.1) is 0 Å². The number of aromatic nitrogens is 4. The van der Waals surface area contributed by atoms with Gasteiger partial charge in [0, 0.05) is 38.9 Å². The van der Waals surface area contributed by atoms with Crippen molar-refractivity contribution in [2.24, 2.45) is 70.0 Å². The number of nitrogens with zero attached hydrogens (tertiary/aromatic N) is 5. The maximum Gasteiger partial charge on any atom is 1.00 e. The molecule has 1 saturated heterocycles. The minimum atomic E-state index is -1.20. The van der Waals surface area contributed by atoms with Gasteiger partial charge >= 0.3 is 109 Å². The van der Waals surface area contributed by atoms with Crippen molar-refractivity contribution < 1.29 is 162 Å². The molecule has 3 N–H and O–H groups in total. The number of hydrogen-bond acceptors (Lipinski definition) is 14. The number of Topliss-reactive ketones (excluding diaryl/α,β-unsaturated/α-hetero) is 2. The molecule has 0 aromatic carbocycles. The van der Waals surface area contributed by atoms with Crippen LogP contribution in [0.15, 0.2) is 24.5 Å². The van der Waals surface area contributed by atoms with Crippen LogP contribution in [0.1, 0.15) is 155 Å². The number of aromatic amines is 1. The van der Waals surface area contributed by atoms with Crippen LogP contribution in [0.3, 0.4) is 0 Å². The molecule has 8 aliphatic carbocycles. The average Bonchev–Trinajstić information content (AvgIpc) is 4.49. The molecule has 3 heterocycles. The van der Waals surface area contributed by atoms with E-state index in [0.29, 0.717) is 104 Å². The van der Waals surface area contributed by atoms with Crippen molar-refractivity contribution in [1.82, 2.24) is 20.0 Å². The summed E-state index contributed by atoms with van der Waals surface area (Å²) in [5.41, 5.74) is -3.29. The number of H-pyrrole nitrogens is 1. The van der Waals surface area contributed by atoms with Gasteiger partial charge < -0.3 is 36.0 Å². The number of alkyl halides is 3. The number of carbonyl (C=O) groups is 3. The fourth-order valence-electron chi connectivity index (χ4n) is 17.6. The van der Waals surface area contributed by atoms with Gasteiger partial charge in [0.15, 0.2) is 17.6 Å². The first-order chi connectivity index (χ1) is 36.3. The molecule has 0 amide bonds. The van der Waals surface area contributed by atoms with Gasteiger partial charge in [-0.1, -0.05) is 29.8 Å². The molecule has 2 aromatic heterocycles. The van der Waals surface area contributed by atoms with Gasteiger partial charge in [-0.3, -0.25) is 19.4 Å². The number of nitrogens with one attached hydrogen (secondary N) is 1. The zero-order valence-electron chi connectivity index (χ0n) is 47.9. The first-order valence-corrected chi connectivity index (χ1v) is 29.1. The molecule has 422 valence electrons. The third-order valence-corrected chi connectivity index (χ3v) is 21.6. The zero-order chi connectivity index (χ0) is 54.7. The van der Waals surface area contributed by atoms with Gasteiger partial charge in [0.1, 0.15) is 35.0 Å². The van der Waals surface area contributed by atoms with Crippen LogP contribution in [0.2, 0.25) is 0 Å². The van der Waals surface area contributed by atoms with E-state index in [1.54, 1.807) is 43.4 Å². The largest absolute Gasteiger partial charge is 1.00 e. The molecule has 0 bridgehead atoms. The number of rotatable bonds is 10. The van der Waals surface area contributed by atoms with Crippen LogP contribution in [-0.2, 0) is 40.0 Å². The molecule has 0 radical (unpaired) electrons. The molecule has 1 aliphatic heterocycles. The number of ether oxygens (including phenoxy) is 3. The van der Waals surface area contributed by atoms with Crippen LogP contribution in [0.25, 0.3) is 0 Å². The van der Waals surface area contributed by atoms with Crippen LogP contribution in [0.5, 0.6) is 0 Å². The van der Waals surface area contributed by atoms with Crippen LogP contribution in [0, 0.1) is 92.7 Å². The van der Waals surface area contributed by atoms with Crippen molar-refractivity contribution >= 4 is 33.5 Å². The SMILES string of the molecule is COC[C@@]1(O)CC[C@@]2(F)[C@H](CC[C@H]3[C@@H]4CC[C@H](C(=O)CBr)[C@@]4(C)CC[C@@H]32)C1.COC[C@@]1(O)CC[C@@]2(F)[C@H](CC[C@H]3[C@@H]4CC[C@H](C(=O)Cn5ccc(C#N)n5)[C@@]4(C)CC[C@@H]32)C1.N#Cc1ccn[nH]1.O=C(O[O-])C1CCCO1.[H-].[K+].[K+]. The molecule has 17 atom stereocenters. The first-order valence-electron chi connectivity index (χ1n) is 28.0. The predicted octanol–water partition coefficient (Wildman–Crippen LogP) is 2.14. The van der Waals surface area contributed by atoms with Gasteiger partial charge in [-0.2, -0.15) is 20.7 Å². The Balaban J connectivity index is 0.000000222. The number of carbonyl (C=O) groups excluding carboxylic acids is 3. The molecule has 21 heteroatoms. The van der Waals surface area contributed by atoms with Crippen molar-refractivity contribution in [3.8, 4) is 12.1 Å². The Kier molecular flexibility index (Phi) is 24.1. The van der Waals surface area contributed by atoms with Gasteiger partial charge in [0.25, 0.3) is 0 Å². The Morgan fingerprint density at radius 2 is 1.32 bits per heavy atom. The molecule has 1 unspecified atom stereocenters. The molecular formula is C57H81BrF2K2N6O10. The molecule has 78 heavy (non-hydrogen) atoms. The van der Waals surface area contributed by atoms with E-state index >= 15 is 8.78 Å². The standard InChI is InChI=1S/C26H36FN3O3.C22H34BrFO3.C5H8O4.C4H3N3.2K.H/c1-24-9-7-21-19(4-3-17-13-25(32,16-33-2)10-11-26(17,21)27)20(24)5-6-22(24)23(31)15-30-12-8-18(14-28)29-30;1-20-8-7-17-15(16(20)5-6-18(20)19(25)12-23)4-3-14-11-21(26,13-27-2)9-10-22(14,17)24;6-5(9-7)4-2-1-3-8-4;5-3-4-1-2-6-7-4;;;/h8,12,17,19-22,32H,3-7,9-11,13,15-16H2,1-2H3;14-18,26H,3-13H2,1-2H3;4,7H,1-3H2;1-2H,(H,6,7);;;/q;;;;2*+1;-1/p-1/t17-,19+,20+,21+,22-,24+,25-,26-;14-,15+,16+,17+,18-,20+,21-,22-;;;;;/m11...../s1. The van der Waals surface area contributed by atoms with E-state index in [-0.39, 0.29) is 169 Å². The molecule has 11 rings (SSSR count). The second kappa shape index (κ2) is 28.2. The van der Waals surface area contributed by atoms with E-state index in [2.05, 4.69) is 50.0 Å². The van der Waals surface area contributed by atoms with Gasteiger partial charge in [-0.25, -0.2) is 13.6 Å². The Labute approximate surface area is 554 Å². The summed E-state index contributed by atoms with van der Waals surface area (Å²) in [6.07, 6.45) is 18.2. The number of nitriles is 2. The van der Waals surface area contributed by atoms with Crippen molar-refractivity contribution in [2.75, 3.05) is 39.4 Å². The molecule has 16 nitrogen and oxygen atoms in total. The summed E-state index contributed by atoms with van der Waals surface area (Å²) in [4.78, 5) is 39.4. The molecule has 8 saturated carbocycles. The minimum Gasteiger partial charge on any atom is -1.00 e. The van der Waals surface area contributed by atoms with Crippen LogP contribution in [0.4, 0.5) is 8.78 Å². The topological polar surface area (TPSA) is 246 Å². The van der Waals surface area contributed by atoms with E-state index in [9.17, 15) is 29.9 Å². The van der Waals surface area contributed by atoms with Crippen LogP contribution < -0.4 is 108 Å². The van der Waals surface area contributed by atoms with Crippen LogP contribution >= 0.6 is 15.9 Å². The van der Waals surface area contributed by atoms with E-state index in [4.69, 9.17) is 24.7 Å². The van der Waals surface area contributed by atoms with E-state index in [1.807, 2.05) is 12.1 Å². The molecule has 0 spiro atoms. The van der Waals surface area contributed by atoms with E-state index in [0.717, 1.165) is 83.5 Å². The summed E-state index contributed by atoms with van der Waals surface area (Å²) < 4.78 is 49.9. The Morgan fingerprint density at radius 3 is 1.73 bits per heavy atom. The number of aliphatic hydroxyl groups is 2. The van der Waals surface area contributed by atoms with Crippen molar-refractivity contribution in [2.45, 2.75) is 177 Å². The molecule has 9 fully saturated rings. The first kappa shape index (κ1) is 66.7. The number of ketones is 2. The van der Waals surface area contributed by atoms with Crippen molar-refractivity contribution in [3.63, 3.8) is 0 Å². The molecular weight excluding hydrogens is 1120 g/mol. The summed E-state index contributed by atoms with van der Waals surface area (Å²) in [7, 11) is 3.21. The third-order valence-electron chi connectivity index (χ3n) is 21.1. The van der Waals surface area contributed by atoms with Gasteiger partial charge in [-0.05, 0) is 199 Å². The van der Waals surface area contributed by atoms with E-state index in [1.165, 1.54) is 0 Å². The summed E-state index contributed by atoms with van der Waals surface area (Å²) in [5.74, 6) is 1.47. The maximum absolute atomic E-state index is 16.6. The minimum absolute atomic E-state index is 0. The summed E-state index contributed by atoms with van der Waals surface area (Å²) >= 11 is 3.37. The van der Waals surface area contributed by atoms with Crippen molar-refractivity contribution in [1.29, 1.82) is 10.5 Å². The summed E-state index contributed by atoms with van der Waals surface area (Å²) in [5, 5.41) is 58.9. The number of hydrogen-bond donors (Lipinski definition) is 3. The van der Waals surface area contributed by atoms with Crippen molar-refractivity contribution in [3.05, 3.63) is 35.9 Å². The third kappa shape index (κ3) is 13.8. The smallest absolute Gasteiger partial charge is 1.00 e. The van der Waals surface area contributed by atoms with Gasteiger partial charge in [0.05, 0.1) is 42.5 Å². The Hall–Kier alpha value is -0.417. The molecule has 9 aliphatic rings. The monoisotopic (exact) mass is 1200 g/mol. The number of methoxy groups -OCH3 is 2. The normalized spacial score (nSPS) is 40.5. The second-order valence-electron chi connectivity index (χ2n) is 24.8. The summed E-state index contributed by atoms with van der Waals surface area (Å²) in [6, 6.07) is 7.14. The average molecular weight is 1210 g/mol. The zero-order valence-corrected chi connectivity index (χ0v) is 54.7. The maximum atomic E-state index is 16.6. The Bertz CT molecular complexity index is 2440. The predicted molar refractivity (Wildman–Crippen MR) is 276 cm³/mol. The number of halogens is 3. The second-order valence-corrected chi connectivity index (χ2v) is 25.4. The van der Waals surface area contributed by atoms with E-state index < -0.39 is 34.6 Å². The number of fused-ring (bicyclic) bond motifs is 10. The summed E-state index contributed by atoms with van der Waals surface area (Å²) in [6.45, 7) is 5.93. The molecule has 2 aromatic rings.